The lowest BCUT2D eigenvalue weighted by Gasteiger charge is -2.20. The van der Waals surface area contributed by atoms with Crippen LogP contribution in [0.15, 0.2) is 24.3 Å². The summed E-state index contributed by atoms with van der Waals surface area (Å²) in [6, 6.07) is 8.83. The molecule has 0 spiro atoms. The first kappa shape index (κ1) is 11.6. The van der Waals surface area contributed by atoms with Crippen LogP contribution in [0.2, 0.25) is 0 Å². The van der Waals surface area contributed by atoms with E-state index in [-0.39, 0.29) is 0 Å². The lowest BCUT2D eigenvalue weighted by Crippen LogP contribution is -2.28. The molecule has 1 aliphatic rings. The molecular weight excluding hydrogens is 196 g/mol. The molecule has 0 aliphatic carbocycles. The Bertz CT molecular complexity index is 314. The van der Waals surface area contributed by atoms with Gasteiger partial charge in [0.05, 0.1) is 0 Å². The molecule has 1 heterocycles. The first-order valence-electron chi connectivity index (χ1n) is 6.40. The Balaban J connectivity index is 2.01. The highest BCUT2D eigenvalue weighted by molar-refractivity contribution is 5.26. The van der Waals surface area contributed by atoms with Crippen LogP contribution in [0.5, 0.6) is 0 Å². The molecule has 1 aliphatic heterocycles. The molecule has 2 rings (SSSR count). The second kappa shape index (κ2) is 6.02. The molecule has 0 unspecified atom stereocenters. The Hall–Kier alpha value is -0.860. The van der Waals surface area contributed by atoms with E-state index in [2.05, 4.69) is 41.4 Å². The van der Waals surface area contributed by atoms with E-state index in [1.807, 2.05) is 0 Å². The van der Waals surface area contributed by atoms with Crippen LogP contribution in [0.25, 0.3) is 0 Å². The first-order valence-corrected chi connectivity index (χ1v) is 6.40. The van der Waals surface area contributed by atoms with Crippen LogP contribution < -0.4 is 5.32 Å². The van der Waals surface area contributed by atoms with Crippen molar-refractivity contribution in [2.24, 2.45) is 0 Å². The molecule has 0 atom stereocenters. The molecule has 2 heteroatoms. The number of aryl methyl sites for hydroxylation is 1. The molecule has 1 aromatic carbocycles. The second-order valence-electron chi connectivity index (χ2n) is 4.50. The van der Waals surface area contributed by atoms with E-state index in [4.69, 9.17) is 0 Å². The van der Waals surface area contributed by atoms with E-state index in [1.54, 1.807) is 0 Å². The Morgan fingerprint density at radius 3 is 2.75 bits per heavy atom. The SMILES string of the molecule is CCc1ccccc1CN1CCCNCC1. The summed E-state index contributed by atoms with van der Waals surface area (Å²) in [5.74, 6) is 0. The molecule has 0 bridgehead atoms. The number of hydrogen-bond donors (Lipinski definition) is 1. The predicted octanol–water partition coefficient (Wildman–Crippen LogP) is 2.04. The van der Waals surface area contributed by atoms with Gasteiger partial charge < -0.3 is 5.32 Å². The summed E-state index contributed by atoms with van der Waals surface area (Å²) in [4.78, 5) is 2.56. The summed E-state index contributed by atoms with van der Waals surface area (Å²) in [7, 11) is 0. The quantitative estimate of drug-likeness (QED) is 0.835. The van der Waals surface area contributed by atoms with E-state index in [0.717, 1.165) is 19.5 Å². The van der Waals surface area contributed by atoms with Gasteiger partial charge in [-0.05, 0) is 37.1 Å². The fraction of sp³-hybridized carbons (Fsp3) is 0.571. The third kappa shape index (κ3) is 3.06. The number of nitrogens with zero attached hydrogens (tertiary/aromatic N) is 1. The predicted molar refractivity (Wildman–Crippen MR) is 68.6 cm³/mol. The maximum atomic E-state index is 3.45. The van der Waals surface area contributed by atoms with Gasteiger partial charge in [-0.1, -0.05) is 31.2 Å². The lowest BCUT2D eigenvalue weighted by atomic mass is 10.0. The molecule has 0 radical (unpaired) electrons. The minimum absolute atomic E-state index is 1.12. The van der Waals surface area contributed by atoms with Gasteiger partial charge in [0.15, 0.2) is 0 Å². The van der Waals surface area contributed by atoms with Crippen molar-refractivity contribution in [3.05, 3.63) is 35.4 Å². The molecule has 1 saturated heterocycles. The molecule has 0 aromatic heterocycles. The van der Waals surface area contributed by atoms with Crippen LogP contribution in [0.3, 0.4) is 0 Å². The minimum atomic E-state index is 1.12. The van der Waals surface area contributed by atoms with Gasteiger partial charge >= 0.3 is 0 Å². The molecule has 16 heavy (non-hydrogen) atoms. The average molecular weight is 218 g/mol. The summed E-state index contributed by atoms with van der Waals surface area (Å²) in [6.45, 7) is 8.07. The standard InChI is InChI=1S/C14H22N2/c1-2-13-6-3-4-7-14(13)12-16-10-5-8-15-9-11-16/h3-4,6-7,15H,2,5,8-12H2,1H3. The monoisotopic (exact) mass is 218 g/mol. The fourth-order valence-electron chi connectivity index (χ4n) is 2.36. The van der Waals surface area contributed by atoms with Crippen molar-refractivity contribution in [3.8, 4) is 0 Å². The molecule has 88 valence electrons. The van der Waals surface area contributed by atoms with Gasteiger partial charge in [-0.25, -0.2) is 0 Å². The topological polar surface area (TPSA) is 15.3 Å². The van der Waals surface area contributed by atoms with Gasteiger partial charge in [0, 0.05) is 19.6 Å². The van der Waals surface area contributed by atoms with E-state index in [0.29, 0.717) is 0 Å². The van der Waals surface area contributed by atoms with Crippen LogP contribution in [0.1, 0.15) is 24.5 Å². The van der Waals surface area contributed by atoms with Gasteiger partial charge in [0.2, 0.25) is 0 Å². The summed E-state index contributed by atoms with van der Waals surface area (Å²) in [5.41, 5.74) is 3.01. The first-order chi connectivity index (χ1) is 7.90. The van der Waals surface area contributed by atoms with Gasteiger partial charge in [-0.2, -0.15) is 0 Å². The zero-order valence-electron chi connectivity index (χ0n) is 10.2. The molecule has 2 nitrogen and oxygen atoms in total. The summed E-state index contributed by atoms with van der Waals surface area (Å²) >= 11 is 0. The highest BCUT2D eigenvalue weighted by Gasteiger charge is 2.10. The second-order valence-corrected chi connectivity index (χ2v) is 4.50. The third-order valence-corrected chi connectivity index (χ3v) is 3.33. The number of nitrogens with one attached hydrogen (secondary N) is 1. The largest absolute Gasteiger partial charge is 0.315 e. The molecule has 1 aromatic rings. The van der Waals surface area contributed by atoms with Crippen LogP contribution >= 0.6 is 0 Å². The zero-order chi connectivity index (χ0) is 11.2. The lowest BCUT2D eigenvalue weighted by molar-refractivity contribution is 0.283. The van der Waals surface area contributed by atoms with Gasteiger partial charge in [0.25, 0.3) is 0 Å². The highest BCUT2D eigenvalue weighted by atomic mass is 15.1. The molecule has 1 fully saturated rings. The zero-order valence-corrected chi connectivity index (χ0v) is 10.2. The van der Waals surface area contributed by atoms with Crippen LogP contribution in [0.4, 0.5) is 0 Å². The Labute approximate surface area is 98.7 Å². The van der Waals surface area contributed by atoms with Crippen molar-refractivity contribution in [2.45, 2.75) is 26.3 Å². The average Bonchev–Trinajstić information content (AvgIpc) is 2.58. The van der Waals surface area contributed by atoms with Gasteiger partial charge in [-0.3, -0.25) is 4.90 Å². The number of hydrogen-bond acceptors (Lipinski definition) is 2. The van der Waals surface area contributed by atoms with Crippen molar-refractivity contribution in [1.29, 1.82) is 0 Å². The summed E-state index contributed by atoms with van der Waals surface area (Å²) in [6.07, 6.45) is 2.41. The van der Waals surface area contributed by atoms with Crippen molar-refractivity contribution in [2.75, 3.05) is 26.2 Å². The van der Waals surface area contributed by atoms with Crippen molar-refractivity contribution in [1.82, 2.24) is 10.2 Å². The van der Waals surface area contributed by atoms with E-state index in [1.165, 1.54) is 37.2 Å². The number of rotatable bonds is 3. The fourth-order valence-corrected chi connectivity index (χ4v) is 2.36. The smallest absolute Gasteiger partial charge is 0.0237 e. The maximum Gasteiger partial charge on any atom is 0.0237 e. The minimum Gasteiger partial charge on any atom is -0.315 e. The Kier molecular flexibility index (Phi) is 4.37. The van der Waals surface area contributed by atoms with Crippen LogP contribution in [-0.4, -0.2) is 31.1 Å². The van der Waals surface area contributed by atoms with E-state index >= 15 is 0 Å². The van der Waals surface area contributed by atoms with E-state index in [9.17, 15) is 0 Å². The highest BCUT2D eigenvalue weighted by Crippen LogP contribution is 2.12. The van der Waals surface area contributed by atoms with Gasteiger partial charge in [-0.15, -0.1) is 0 Å². The van der Waals surface area contributed by atoms with Crippen molar-refractivity contribution < 1.29 is 0 Å². The molecule has 1 N–H and O–H groups in total. The Morgan fingerprint density at radius 1 is 1.12 bits per heavy atom. The molecule has 0 saturated carbocycles. The third-order valence-electron chi connectivity index (χ3n) is 3.33. The van der Waals surface area contributed by atoms with Crippen molar-refractivity contribution >= 4 is 0 Å². The van der Waals surface area contributed by atoms with Crippen LogP contribution in [-0.2, 0) is 13.0 Å². The molecular formula is C14H22N2. The Morgan fingerprint density at radius 2 is 1.94 bits per heavy atom. The van der Waals surface area contributed by atoms with Crippen molar-refractivity contribution in [3.63, 3.8) is 0 Å². The van der Waals surface area contributed by atoms with Crippen LogP contribution in [0, 0.1) is 0 Å². The summed E-state index contributed by atoms with van der Waals surface area (Å²) < 4.78 is 0. The summed E-state index contributed by atoms with van der Waals surface area (Å²) in [5, 5.41) is 3.45. The van der Waals surface area contributed by atoms with E-state index < -0.39 is 0 Å². The number of benzene rings is 1. The van der Waals surface area contributed by atoms with Gasteiger partial charge in [0.1, 0.15) is 0 Å². The molecule has 0 amide bonds. The normalized spacial score (nSPS) is 18.3. The maximum absolute atomic E-state index is 3.45.